The molecule has 1 aliphatic heterocycles. The van der Waals surface area contributed by atoms with Crippen LogP contribution in [0.3, 0.4) is 0 Å². The maximum absolute atomic E-state index is 11.2. The summed E-state index contributed by atoms with van der Waals surface area (Å²) in [6, 6.07) is 5.71. The molecule has 0 saturated heterocycles. The van der Waals surface area contributed by atoms with Gasteiger partial charge in [0.25, 0.3) is 0 Å². The Morgan fingerprint density at radius 1 is 1.59 bits per heavy atom. The lowest BCUT2D eigenvalue weighted by atomic mass is 9.87. The minimum Gasteiger partial charge on any atom is -0.489 e. The van der Waals surface area contributed by atoms with Crippen LogP contribution < -0.4 is 10.5 Å². The van der Waals surface area contributed by atoms with Gasteiger partial charge in [0.05, 0.1) is 5.92 Å². The molecule has 0 aromatic heterocycles. The predicted octanol–water partition coefficient (Wildman–Crippen LogP) is 1.56. The van der Waals surface area contributed by atoms with Crippen molar-refractivity contribution in [3.63, 3.8) is 0 Å². The van der Waals surface area contributed by atoms with E-state index in [9.17, 15) is 9.90 Å². The van der Waals surface area contributed by atoms with Crippen molar-refractivity contribution in [3.05, 3.63) is 29.3 Å². The molecule has 0 fully saturated rings. The topological polar surface area (TPSA) is 72.5 Å². The molecule has 2 atom stereocenters. The van der Waals surface area contributed by atoms with Crippen LogP contribution in [-0.4, -0.2) is 17.2 Å². The van der Waals surface area contributed by atoms with Gasteiger partial charge in [0.1, 0.15) is 11.9 Å². The van der Waals surface area contributed by atoms with E-state index in [2.05, 4.69) is 0 Å². The average molecular weight is 235 g/mol. The first-order valence-corrected chi connectivity index (χ1v) is 5.87. The lowest BCUT2D eigenvalue weighted by Crippen LogP contribution is -2.38. The number of hydrogen-bond acceptors (Lipinski definition) is 3. The van der Waals surface area contributed by atoms with Gasteiger partial charge >= 0.3 is 5.97 Å². The third-order valence-corrected chi connectivity index (χ3v) is 3.32. The number of carboxylic acid groups (broad SMARTS) is 1. The first-order valence-electron chi connectivity index (χ1n) is 5.87. The molecule has 0 spiro atoms. The fourth-order valence-electron chi connectivity index (χ4n) is 2.36. The minimum absolute atomic E-state index is 0.243. The van der Waals surface area contributed by atoms with Crippen LogP contribution in [0.2, 0.25) is 0 Å². The summed E-state index contributed by atoms with van der Waals surface area (Å²) in [5.74, 6) is -0.480. The second-order valence-electron chi connectivity index (χ2n) is 4.31. The number of fused-ring (bicyclic) bond motifs is 1. The first kappa shape index (κ1) is 11.9. The van der Waals surface area contributed by atoms with E-state index in [1.165, 1.54) is 0 Å². The van der Waals surface area contributed by atoms with Crippen LogP contribution in [-0.2, 0) is 17.8 Å². The van der Waals surface area contributed by atoms with Crippen LogP contribution >= 0.6 is 0 Å². The standard InChI is InChI=1S/C13H17NO3/c1-2-11-10(13(15)16)6-9-8(7-14)4-3-5-12(9)17-11/h3-5,10-11H,2,6-7,14H2,1H3,(H,15,16). The summed E-state index contributed by atoms with van der Waals surface area (Å²) >= 11 is 0. The molecule has 1 heterocycles. The number of carbonyl (C=O) groups is 1. The summed E-state index contributed by atoms with van der Waals surface area (Å²) < 4.78 is 5.76. The lowest BCUT2D eigenvalue weighted by Gasteiger charge is -2.31. The van der Waals surface area contributed by atoms with Crippen molar-refractivity contribution in [2.75, 3.05) is 0 Å². The SMILES string of the molecule is CCC1Oc2cccc(CN)c2CC1C(=O)O. The summed E-state index contributed by atoms with van der Waals surface area (Å²) in [5, 5.41) is 9.22. The van der Waals surface area contributed by atoms with Gasteiger partial charge in [-0.15, -0.1) is 0 Å². The second-order valence-corrected chi connectivity index (χ2v) is 4.31. The quantitative estimate of drug-likeness (QED) is 0.834. The van der Waals surface area contributed by atoms with Crippen LogP contribution in [0.25, 0.3) is 0 Å². The van der Waals surface area contributed by atoms with E-state index in [0.29, 0.717) is 19.4 Å². The highest BCUT2D eigenvalue weighted by atomic mass is 16.5. The molecule has 0 amide bonds. The van der Waals surface area contributed by atoms with Gasteiger partial charge in [-0.25, -0.2) is 0 Å². The molecular formula is C13H17NO3. The molecule has 0 radical (unpaired) electrons. The third-order valence-electron chi connectivity index (χ3n) is 3.32. The van der Waals surface area contributed by atoms with Crippen molar-refractivity contribution in [1.29, 1.82) is 0 Å². The van der Waals surface area contributed by atoms with Gasteiger partial charge in [-0.2, -0.15) is 0 Å². The molecule has 0 saturated carbocycles. The normalized spacial score (nSPS) is 22.7. The van der Waals surface area contributed by atoms with Crippen molar-refractivity contribution >= 4 is 5.97 Å². The van der Waals surface area contributed by atoms with E-state index >= 15 is 0 Å². The molecule has 2 unspecified atom stereocenters. The summed E-state index contributed by atoms with van der Waals surface area (Å²) in [7, 11) is 0. The van der Waals surface area contributed by atoms with Crippen molar-refractivity contribution in [2.45, 2.75) is 32.4 Å². The largest absolute Gasteiger partial charge is 0.489 e. The van der Waals surface area contributed by atoms with E-state index in [1.54, 1.807) is 0 Å². The molecule has 3 N–H and O–H groups in total. The molecule has 1 aromatic carbocycles. The predicted molar refractivity (Wildman–Crippen MR) is 63.9 cm³/mol. The zero-order valence-electron chi connectivity index (χ0n) is 9.85. The Labute approximate surface area is 100 Å². The minimum atomic E-state index is -0.797. The summed E-state index contributed by atoms with van der Waals surface area (Å²) in [4.78, 5) is 11.2. The maximum Gasteiger partial charge on any atom is 0.310 e. The number of nitrogens with two attached hydrogens (primary N) is 1. The Kier molecular flexibility index (Phi) is 3.33. The molecule has 0 bridgehead atoms. The highest BCUT2D eigenvalue weighted by molar-refractivity contribution is 5.72. The maximum atomic E-state index is 11.2. The number of aliphatic carboxylic acids is 1. The van der Waals surface area contributed by atoms with E-state index in [-0.39, 0.29) is 6.10 Å². The highest BCUT2D eigenvalue weighted by Gasteiger charge is 2.34. The second kappa shape index (κ2) is 4.75. The van der Waals surface area contributed by atoms with Gasteiger partial charge in [0, 0.05) is 6.54 Å². The third kappa shape index (κ3) is 2.13. The Hall–Kier alpha value is -1.55. The summed E-state index contributed by atoms with van der Waals surface area (Å²) in [6.45, 7) is 2.36. The Balaban J connectivity index is 2.39. The van der Waals surface area contributed by atoms with E-state index in [1.807, 2.05) is 25.1 Å². The molecule has 17 heavy (non-hydrogen) atoms. The number of benzene rings is 1. The Bertz CT molecular complexity index is 431. The molecule has 1 aliphatic rings. The fourth-order valence-corrected chi connectivity index (χ4v) is 2.36. The van der Waals surface area contributed by atoms with Crippen LogP contribution in [0.5, 0.6) is 5.75 Å². The lowest BCUT2D eigenvalue weighted by molar-refractivity contribution is -0.145. The van der Waals surface area contributed by atoms with Crippen molar-refractivity contribution < 1.29 is 14.6 Å². The smallest absolute Gasteiger partial charge is 0.310 e. The zero-order chi connectivity index (χ0) is 12.4. The van der Waals surface area contributed by atoms with Crippen molar-refractivity contribution in [3.8, 4) is 5.75 Å². The first-order chi connectivity index (χ1) is 8.17. The Morgan fingerprint density at radius 3 is 2.94 bits per heavy atom. The Morgan fingerprint density at radius 2 is 2.35 bits per heavy atom. The molecule has 2 rings (SSSR count). The number of ether oxygens (including phenoxy) is 1. The van der Waals surface area contributed by atoms with Gasteiger partial charge < -0.3 is 15.6 Å². The van der Waals surface area contributed by atoms with Crippen LogP contribution in [0.4, 0.5) is 0 Å². The average Bonchev–Trinajstić information content (AvgIpc) is 2.36. The number of carboxylic acids is 1. The van der Waals surface area contributed by atoms with Crippen LogP contribution in [0.1, 0.15) is 24.5 Å². The number of rotatable bonds is 3. The van der Waals surface area contributed by atoms with Gasteiger partial charge in [0.15, 0.2) is 0 Å². The monoisotopic (exact) mass is 235 g/mol. The zero-order valence-corrected chi connectivity index (χ0v) is 9.85. The molecule has 92 valence electrons. The van der Waals surface area contributed by atoms with Gasteiger partial charge in [-0.1, -0.05) is 19.1 Å². The van der Waals surface area contributed by atoms with Gasteiger partial charge in [-0.05, 0) is 30.0 Å². The van der Waals surface area contributed by atoms with Gasteiger partial charge in [0.2, 0.25) is 0 Å². The molecule has 4 nitrogen and oxygen atoms in total. The van der Waals surface area contributed by atoms with Crippen LogP contribution in [0.15, 0.2) is 18.2 Å². The fraction of sp³-hybridized carbons (Fsp3) is 0.462. The molecule has 1 aromatic rings. The summed E-state index contributed by atoms with van der Waals surface area (Å²) in [5.41, 5.74) is 7.59. The molecule has 4 heteroatoms. The highest BCUT2D eigenvalue weighted by Crippen LogP contribution is 2.34. The van der Waals surface area contributed by atoms with E-state index in [4.69, 9.17) is 10.5 Å². The molecular weight excluding hydrogens is 218 g/mol. The van der Waals surface area contributed by atoms with Gasteiger partial charge in [-0.3, -0.25) is 4.79 Å². The summed E-state index contributed by atoms with van der Waals surface area (Å²) in [6.07, 6.45) is 0.966. The van der Waals surface area contributed by atoms with Crippen LogP contribution in [0, 0.1) is 5.92 Å². The molecule has 0 aliphatic carbocycles. The van der Waals surface area contributed by atoms with E-state index in [0.717, 1.165) is 16.9 Å². The van der Waals surface area contributed by atoms with Crippen molar-refractivity contribution in [2.24, 2.45) is 11.7 Å². The van der Waals surface area contributed by atoms with Crippen molar-refractivity contribution in [1.82, 2.24) is 0 Å². The van der Waals surface area contributed by atoms with E-state index < -0.39 is 11.9 Å². The number of hydrogen-bond donors (Lipinski definition) is 2.